The number of esters is 1. The van der Waals surface area contributed by atoms with E-state index in [1.807, 2.05) is 12.1 Å². The second kappa shape index (κ2) is 6.32. The third-order valence-electron chi connectivity index (χ3n) is 3.22. The average molecular weight is 258 g/mol. The zero-order valence-corrected chi connectivity index (χ0v) is 11.1. The van der Waals surface area contributed by atoms with Crippen LogP contribution in [0.25, 0.3) is 6.08 Å². The minimum Gasteiger partial charge on any atom is -0.463 e. The first-order valence-corrected chi connectivity index (χ1v) is 6.67. The number of ketones is 1. The number of carbonyl (C=O) groups is 2. The summed E-state index contributed by atoms with van der Waals surface area (Å²) in [5.74, 6) is -0.0428. The fourth-order valence-electron chi connectivity index (χ4n) is 2.29. The molecule has 2 rings (SSSR count). The number of ether oxygens (including phenoxy) is 1. The highest BCUT2D eigenvalue weighted by Crippen LogP contribution is 2.20. The van der Waals surface area contributed by atoms with Gasteiger partial charge in [-0.15, -0.1) is 0 Å². The van der Waals surface area contributed by atoms with Crippen molar-refractivity contribution >= 4 is 17.8 Å². The summed E-state index contributed by atoms with van der Waals surface area (Å²) in [5, 5.41) is 0. The van der Waals surface area contributed by atoms with Crippen LogP contribution in [-0.4, -0.2) is 18.4 Å². The normalized spacial score (nSPS) is 15.1. The van der Waals surface area contributed by atoms with Crippen molar-refractivity contribution in [3.63, 3.8) is 0 Å². The highest BCUT2D eigenvalue weighted by Gasteiger charge is 2.13. The molecule has 3 heteroatoms. The van der Waals surface area contributed by atoms with Gasteiger partial charge in [0.25, 0.3) is 0 Å². The lowest BCUT2D eigenvalue weighted by molar-refractivity contribution is -0.137. The Kier molecular flexibility index (Phi) is 4.50. The number of carbonyl (C=O) groups excluding carboxylic acids is 2. The van der Waals surface area contributed by atoms with E-state index in [0.717, 1.165) is 24.0 Å². The number of benzene rings is 1. The number of fused-ring (bicyclic) bond motifs is 1. The minimum atomic E-state index is -0.339. The number of aryl methyl sites for hydroxylation is 1. The molecule has 0 amide bonds. The van der Waals surface area contributed by atoms with Crippen molar-refractivity contribution in [3.05, 3.63) is 41.0 Å². The third kappa shape index (κ3) is 3.78. The summed E-state index contributed by atoms with van der Waals surface area (Å²) in [6.07, 6.45) is 6.23. The third-order valence-corrected chi connectivity index (χ3v) is 3.22. The van der Waals surface area contributed by atoms with Gasteiger partial charge in [0.15, 0.2) is 0 Å². The number of hydrogen-bond donors (Lipinski definition) is 0. The van der Waals surface area contributed by atoms with Crippen molar-refractivity contribution < 1.29 is 14.3 Å². The van der Waals surface area contributed by atoms with E-state index in [2.05, 4.69) is 6.07 Å². The van der Waals surface area contributed by atoms with E-state index in [1.54, 1.807) is 13.0 Å². The van der Waals surface area contributed by atoms with E-state index in [0.29, 0.717) is 25.2 Å². The zero-order valence-electron chi connectivity index (χ0n) is 11.1. The second-order valence-corrected chi connectivity index (χ2v) is 4.68. The lowest BCUT2D eigenvalue weighted by Gasteiger charge is -2.05. The Hall–Kier alpha value is -1.90. The molecule has 3 nitrogen and oxygen atoms in total. The van der Waals surface area contributed by atoms with Gasteiger partial charge in [0.05, 0.1) is 6.61 Å². The van der Waals surface area contributed by atoms with Gasteiger partial charge in [0.2, 0.25) is 0 Å². The minimum absolute atomic E-state index is 0.297. The first kappa shape index (κ1) is 13.5. The highest BCUT2D eigenvalue weighted by molar-refractivity contribution is 5.87. The first-order valence-electron chi connectivity index (χ1n) is 6.67. The van der Waals surface area contributed by atoms with Gasteiger partial charge in [-0.3, -0.25) is 4.79 Å². The molecular weight excluding hydrogens is 240 g/mol. The van der Waals surface area contributed by atoms with Crippen LogP contribution in [0, 0.1) is 0 Å². The Morgan fingerprint density at radius 1 is 1.32 bits per heavy atom. The molecule has 0 atom stereocenters. The quantitative estimate of drug-likeness (QED) is 0.475. The fourth-order valence-corrected chi connectivity index (χ4v) is 2.29. The van der Waals surface area contributed by atoms with Crippen LogP contribution in [0.3, 0.4) is 0 Å². The Morgan fingerprint density at radius 2 is 2.16 bits per heavy atom. The standard InChI is InChI=1S/C16H18O3/c1-2-19-16(18)9-7-12-6-8-13-4-3-5-15(17)11-14(13)10-12/h6-10H,2-5,11H2,1H3. The number of Topliss-reactive ketones (excluding diaryl/α,β-unsaturated/α-hetero) is 1. The molecule has 1 aliphatic rings. The van der Waals surface area contributed by atoms with Crippen LogP contribution < -0.4 is 0 Å². The van der Waals surface area contributed by atoms with Gasteiger partial charge in [0, 0.05) is 18.9 Å². The van der Waals surface area contributed by atoms with Crippen LogP contribution in [0.1, 0.15) is 36.5 Å². The molecule has 0 heterocycles. The van der Waals surface area contributed by atoms with Gasteiger partial charge < -0.3 is 4.74 Å². The van der Waals surface area contributed by atoms with Crippen molar-refractivity contribution in [1.82, 2.24) is 0 Å². The summed E-state index contributed by atoms with van der Waals surface area (Å²) < 4.78 is 4.83. The summed E-state index contributed by atoms with van der Waals surface area (Å²) in [7, 11) is 0. The monoisotopic (exact) mass is 258 g/mol. The van der Waals surface area contributed by atoms with Crippen LogP contribution in [0.2, 0.25) is 0 Å². The second-order valence-electron chi connectivity index (χ2n) is 4.68. The molecule has 0 saturated carbocycles. The summed E-state index contributed by atoms with van der Waals surface area (Å²) >= 11 is 0. The van der Waals surface area contributed by atoms with Crippen molar-refractivity contribution in [2.24, 2.45) is 0 Å². The van der Waals surface area contributed by atoms with Gasteiger partial charge in [0.1, 0.15) is 5.78 Å². The van der Waals surface area contributed by atoms with Crippen LogP contribution >= 0.6 is 0 Å². The Bertz CT molecular complexity index is 515. The van der Waals surface area contributed by atoms with E-state index < -0.39 is 0 Å². The van der Waals surface area contributed by atoms with E-state index in [1.165, 1.54) is 11.6 Å². The van der Waals surface area contributed by atoms with Crippen molar-refractivity contribution in [3.8, 4) is 0 Å². The summed E-state index contributed by atoms with van der Waals surface area (Å²) in [6.45, 7) is 2.15. The van der Waals surface area contributed by atoms with Crippen molar-refractivity contribution in [2.75, 3.05) is 6.61 Å². The first-order chi connectivity index (χ1) is 9.19. The molecule has 0 spiro atoms. The predicted octanol–water partition coefficient (Wildman–Crippen LogP) is 2.71. The summed E-state index contributed by atoms with van der Waals surface area (Å²) in [5.41, 5.74) is 3.27. The fraction of sp³-hybridized carbons (Fsp3) is 0.375. The maximum Gasteiger partial charge on any atom is 0.330 e. The van der Waals surface area contributed by atoms with Gasteiger partial charge in [-0.2, -0.15) is 0 Å². The molecule has 0 N–H and O–H groups in total. The van der Waals surface area contributed by atoms with E-state index in [9.17, 15) is 9.59 Å². The lowest BCUT2D eigenvalue weighted by atomic mass is 10.00. The van der Waals surface area contributed by atoms with Crippen LogP contribution in [0.15, 0.2) is 24.3 Å². The van der Waals surface area contributed by atoms with Crippen molar-refractivity contribution in [2.45, 2.75) is 32.6 Å². The van der Waals surface area contributed by atoms with E-state index in [4.69, 9.17) is 4.74 Å². The lowest BCUT2D eigenvalue weighted by Crippen LogP contribution is -2.00. The molecule has 100 valence electrons. The van der Waals surface area contributed by atoms with Crippen molar-refractivity contribution in [1.29, 1.82) is 0 Å². The Morgan fingerprint density at radius 3 is 2.95 bits per heavy atom. The van der Waals surface area contributed by atoms with Gasteiger partial charge in [-0.1, -0.05) is 18.2 Å². The molecule has 0 fully saturated rings. The molecule has 0 aliphatic heterocycles. The highest BCUT2D eigenvalue weighted by atomic mass is 16.5. The molecule has 0 saturated heterocycles. The molecule has 0 aromatic heterocycles. The van der Waals surface area contributed by atoms with Crippen LogP contribution in [-0.2, 0) is 27.2 Å². The molecule has 0 bridgehead atoms. The molecule has 1 aromatic rings. The van der Waals surface area contributed by atoms with E-state index in [-0.39, 0.29) is 5.97 Å². The Balaban J connectivity index is 2.16. The smallest absolute Gasteiger partial charge is 0.330 e. The summed E-state index contributed by atoms with van der Waals surface area (Å²) in [6, 6.07) is 6.03. The maximum absolute atomic E-state index is 11.6. The predicted molar refractivity (Wildman–Crippen MR) is 73.8 cm³/mol. The van der Waals surface area contributed by atoms with Crippen LogP contribution in [0.5, 0.6) is 0 Å². The summed E-state index contributed by atoms with van der Waals surface area (Å²) in [4.78, 5) is 22.9. The molecule has 1 aliphatic carbocycles. The number of hydrogen-bond acceptors (Lipinski definition) is 3. The molecule has 0 radical (unpaired) electrons. The molecule has 19 heavy (non-hydrogen) atoms. The van der Waals surface area contributed by atoms with E-state index >= 15 is 0 Å². The molecule has 1 aromatic carbocycles. The number of rotatable bonds is 3. The molecular formula is C16H18O3. The van der Waals surface area contributed by atoms with Gasteiger partial charge in [-0.05, 0) is 42.5 Å². The van der Waals surface area contributed by atoms with Gasteiger partial charge >= 0.3 is 5.97 Å². The topological polar surface area (TPSA) is 43.4 Å². The maximum atomic E-state index is 11.6. The average Bonchev–Trinajstić information content (AvgIpc) is 2.56. The van der Waals surface area contributed by atoms with Gasteiger partial charge in [-0.25, -0.2) is 4.79 Å². The largest absolute Gasteiger partial charge is 0.463 e. The SMILES string of the molecule is CCOC(=O)C=Cc1ccc2c(c1)CC(=O)CCC2. The van der Waals surface area contributed by atoms with Crippen LogP contribution in [0.4, 0.5) is 0 Å². The molecule has 0 unspecified atom stereocenters. The Labute approximate surface area is 113 Å². The zero-order chi connectivity index (χ0) is 13.7.